The number of aliphatic carboxylic acids is 1. The molecule has 0 aromatic heterocycles. The van der Waals surface area contributed by atoms with Crippen LogP contribution in [0.5, 0.6) is 5.75 Å². The fourth-order valence-corrected chi connectivity index (χ4v) is 1.44. The number of nitrogens with zero attached hydrogens (tertiary/aromatic N) is 1. The number of carboxylic acids is 1. The number of rotatable bonds is 5. The van der Waals surface area contributed by atoms with Gasteiger partial charge < -0.3 is 15.2 Å². The third-order valence-electron chi connectivity index (χ3n) is 2.94. The molecule has 1 atom stereocenters. The number of carbonyl (C=O) groups is 1. The molecule has 1 aromatic rings. The van der Waals surface area contributed by atoms with Gasteiger partial charge in [0.25, 0.3) is 0 Å². The van der Waals surface area contributed by atoms with Gasteiger partial charge in [0, 0.05) is 6.07 Å². The third kappa shape index (κ3) is 2.72. The van der Waals surface area contributed by atoms with Crippen LogP contribution in [0.4, 0.5) is 5.69 Å². The Bertz CT molecular complexity index is 493. The van der Waals surface area contributed by atoms with Gasteiger partial charge in [-0.1, -0.05) is 6.92 Å². The average molecular weight is 248 g/mol. The Morgan fingerprint density at radius 2 is 2.28 bits per heavy atom. The summed E-state index contributed by atoms with van der Waals surface area (Å²) in [6.45, 7) is 3.35. The lowest BCUT2D eigenvalue weighted by atomic mass is 9.98. The summed E-state index contributed by atoms with van der Waals surface area (Å²) in [5.74, 6) is -0.392. The zero-order valence-corrected chi connectivity index (χ0v) is 10.7. The molecule has 1 rings (SSSR count). The Kier molecular flexibility index (Phi) is 4.16. The van der Waals surface area contributed by atoms with Gasteiger partial charge in [0.05, 0.1) is 18.4 Å². The number of nitriles is 1. The molecule has 1 unspecified atom stereocenters. The van der Waals surface area contributed by atoms with Crippen LogP contribution in [0.25, 0.3) is 0 Å². The maximum absolute atomic E-state index is 11.2. The van der Waals surface area contributed by atoms with Crippen molar-refractivity contribution >= 4 is 11.7 Å². The highest BCUT2D eigenvalue weighted by atomic mass is 16.5. The van der Waals surface area contributed by atoms with Gasteiger partial charge in [0.15, 0.2) is 0 Å². The summed E-state index contributed by atoms with van der Waals surface area (Å²) >= 11 is 0. The van der Waals surface area contributed by atoms with Gasteiger partial charge in [-0.25, -0.2) is 4.79 Å². The molecule has 0 radical (unpaired) electrons. The molecule has 2 N–H and O–H groups in total. The smallest absolute Gasteiger partial charge is 0.329 e. The molecular formula is C13H16N2O3. The molecular weight excluding hydrogens is 232 g/mol. The first-order valence-electron chi connectivity index (χ1n) is 5.56. The standard InChI is InChI=1S/C13H16N2O3/c1-4-13(2,12(16)17)15-11-7-10(18-3)6-5-9(11)8-14/h5-7,15H,4H2,1-3H3,(H,16,17). The number of hydrogen-bond acceptors (Lipinski definition) is 4. The number of methoxy groups -OCH3 is 1. The molecule has 0 saturated carbocycles. The van der Waals surface area contributed by atoms with Gasteiger partial charge in [-0.05, 0) is 25.5 Å². The first-order chi connectivity index (χ1) is 8.46. The topological polar surface area (TPSA) is 82.3 Å². The quantitative estimate of drug-likeness (QED) is 0.835. The number of benzene rings is 1. The van der Waals surface area contributed by atoms with Gasteiger partial charge in [0.1, 0.15) is 17.4 Å². The monoisotopic (exact) mass is 248 g/mol. The minimum atomic E-state index is -1.11. The molecule has 0 aliphatic heterocycles. The molecule has 5 nitrogen and oxygen atoms in total. The molecule has 1 aromatic carbocycles. The van der Waals surface area contributed by atoms with Crippen molar-refractivity contribution in [3.63, 3.8) is 0 Å². The third-order valence-corrected chi connectivity index (χ3v) is 2.94. The maximum Gasteiger partial charge on any atom is 0.329 e. The highest BCUT2D eigenvalue weighted by Crippen LogP contribution is 2.26. The number of carboxylic acid groups (broad SMARTS) is 1. The van der Waals surface area contributed by atoms with E-state index in [1.807, 2.05) is 6.07 Å². The van der Waals surface area contributed by atoms with E-state index in [2.05, 4.69) is 5.32 Å². The highest BCUT2D eigenvalue weighted by molar-refractivity contribution is 5.83. The van der Waals surface area contributed by atoms with Crippen LogP contribution in [0.3, 0.4) is 0 Å². The number of ether oxygens (including phenoxy) is 1. The van der Waals surface area contributed by atoms with Crippen molar-refractivity contribution in [1.82, 2.24) is 0 Å². The molecule has 0 fully saturated rings. The molecule has 0 saturated heterocycles. The van der Waals surface area contributed by atoms with Crippen molar-refractivity contribution in [1.29, 1.82) is 5.26 Å². The van der Waals surface area contributed by atoms with Crippen LogP contribution in [-0.2, 0) is 4.79 Å². The van der Waals surface area contributed by atoms with Crippen LogP contribution in [-0.4, -0.2) is 23.7 Å². The summed E-state index contributed by atoms with van der Waals surface area (Å²) in [4.78, 5) is 11.2. The summed E-state index contributed by atoms with van der Waals surface area (Å²) in [6.07, 6.45) is 0.393. The summed E-state index contributed by atoms with van der Waals surface area (Å²) in [6, 6.07) is 6.90. The van der Waals surface area contributed by atoms with Crippen molar-refractivity contribution < 1.29 is 14.6 Å². The van der Waals surface area contributed by atoms with Gasteiger partial charge >= 0.3 is 5.97 Å². The second kappa shape index (κ2) is 5.41. The summed E-state index contributed by atoms with van der Waals surface area (Å²) in [5, 5.41) is 21.1. The number of anilines is 1. The lowest BCUT2D eigenvalue weighted by Gasteiger charge is -2.26. The van der Waals surface area contributed by atoms with E-state index in [4.69, 9.17) is 10.00 Å². The largest absolute Gasteiger partial charge is 0.497 e. The lowest BCUT2D eigenvalue weighted by Crippen LogP contribution is -2.42. The Hall–Kier alpha value is -2.22. The van der Waals surface area contributed by atoms with E-state index < -0.39 is 11.5 Å². The van der Waals surface area contributed by atoms with Crippen LogP contribution >= 0.6 is 0 Å². The molecule has 0 aliphatic carbocycles. The molecule has 0 spiro atoms. The van der Waals surface area contributed by atoms with Gasteiger partial charge in [0.2, 0.25) is 0 Å². The summed E-state index contributed by atoms with van der Waals surface area (Å²) in [7, 11) is 1.52. The number of hydrogen-bond donors (Lipinski definition) is 2. The van der Waals surface area contributed by atoms with E-state index in [0.717, 1.165) is 0 Å². The highest BCUT2D eigenvalue weighted by Gasteiger charge is 2.31. The zero-order valence-electron chi connectivity index (χ0n) is 10.7. The van der Waals surface area contributed by atoms with Crippen molar-refractivity contribution in [2.75, 3.05) is 12.4 Å². The molecule has 5 heteroatoms. The van der Waals surface area contributed by atoms with Crippen molar-refractivity contribution in [3.8, 4) is 11.8 Å². The van der Waals surface area contributed by atoms with Crippen LogP contribution in [0, 0.1) is 11.3 Å². The Morgan fingerprint density at radius 3 is 2.72 bits per heavy atom. The van der Waals surface area contributed by atoms with E-state index in [0.29, 0.717) is 23.4 Å². The molecule has 0 amide bonds. The van der Waals surface area contributed by atoms with E-state index >= 15 is 0 Å². The fourth-order valence-electron chi connectivity index (χ4n) is 1.44. The first-order valence-corrected chi connectivity index (χ1v) is 5.56. The zero-order chi connectivity index (χ0) is 13.8. The Morgan fingerprint density at radius 1 is 1.61 bits per heavy atom. The predicted molar refractivity (Wildman–Crippen MR) is 67.7 cm³/mol. The molecule has 0 aliphatic rings. The van der Waals surface area contributed by atoms with Crippen LogP contribution in [0.15, 0.2) is 18.2 Å². The summed E-state index contributed by atoms with van der Waals surface area (Å²) < 4.78 is 5.07. The maximum atomic E-state index is 11.2. The van der Waals surface area contributed by atoms with Gasteiger partial charge in [-0.15, -0.1) is 0 Å². The van der Waals surface area contributed by atoms with Crippen LogP contribution in [0.1, 0.15) is 25.8 Å². The Balaban J connectivity index is 3.16. The van der Waals surface area contributed by atoms with Crippen LogP contribution in [0.2, 0.25) is 0 Å². The second-order valence-corrected chi connectivity index (χ2v) is 4.14. The fraction of sp³-hybridized carbons (Fsp3) is 0.385. The van der Waals surface area contributed by atoms with E-state index in [9.17, 15) is 9.90 Å². The normalized spacial score (nSPS) is 13.2. The van der Waals surface area contributed by atoms with Gasteiger partial charge in [-0.2, -0.15) is 5.26 Å². The predicted octanol–water partition coefficient (Wildman–Crippen LogP) is 2.23. The van der Waals surface area contributed by atoms with Gasteiger partial charge in [-0.3, -0.25) is 0 Å². The van der Waals surface area contributed by atoms with E-state index in [1.54, 1.807) is 32.0 Å². The van der Waals surface area contributed by atoms with Crippen molar-refractivity contribution in [3.05, 3.63) is 23.8 Å². The van der Waals surface area contributed by atoms with Crippen molar-refractivity contribution in [2.45, 2.75) is 25.8 Å². The Labute approximate surface area is 106 Å². The molecule has 96 valence electrons. The van der Waals surface area contributed by atoms with E-state index in [-0.39, 0.29) is 0 Å². The number of nitrogens with one attached hydrogen (secondary N) is 1. The molecule has 18 heavy (non-hydrogen) atoms. The van der Waals surface area contributed by atoms with Crippen LogP contribution < -0.4 is 10.1 Å². The first kappa shape index (κ1) is 13.8. The average Bonchev–Trinajstić information content (AvgIpc) is 2.38. The van der Waals surface area contributed by atoms with E-state index in [1.165, 1.54) is 7.11 Å². The van der Waals surface area contributed by atoms with Crippen molar-refractivity contribution in [2.24, 2.45) is 0 Å². The SMILES string of the molecule is CCC(C)(Nc1cc(OC)ccc1C#N)C(=O)O. The summed E-state index contributed by atoms with van der Waals surface area (Å²) in [5.41, 5.74) is -0.266. The molecule has 0 bridgehead atoms. The molecule has 0 heterocycles. The minimum Gasteiger partial charge on any atom is -0.497 e. The minimum absolute atomic E-state index is 0.386. The second-order valence-electron chi connectivity index (χ2n) is 4.14. The lowest BCUT2D eigenvalue weighted by molar-refractivity contribution is -0.141.